The van der Waals surface area contributed by atoms with Crippen LogP contribution in [0, 0.1) is 0 Å². The van der Waals surface area contributed by atoms with Crippen LogP contribution >= 0.6 is 22.2 Å². The van der Waals surface area contributed by atoms with Crippen molar-refractivity contribution in [2.24, 2.45) is 0 Å². The van der Waals surface area contributed by atoms with Crippen molar-refractivity contribution < 1.29 is 8.42 Å². The van der Waals surface area contributed by atoms with Crippen LogP contribution in [0.2, 0.25) is 0 Å². The second-order valence-corrected chi connectivity index (χ2v) is 6.24. The van der Waals surface area contributed by atoms with Crippen LogP contribution in [0.15, 0.2) is 41.4 Å². The molecule has 0 atom stereocenters. The first-order valence-electron chi connectivity index (χ1n) is 4.03. The summed E-state index contributed by atoms with van der Waals surface area (Å²) < 4.78 is 26.2. The average Bonchev–Trinajstić information content (AvgIpc) is 2.69. The highest BCUT2D eigenvalue weighted by Gasteiger charge is 2.10. The summed E-state index contributed by atoms with van der Waals surface area (Å²) >= 11 is 1.31. The van der Waals surface area contributed by atoms with Crippen molar-refractivity contribution in [2.45, 2.75) is 4.90 Å². The minimum Gasteiger partial charge on any atom is -0.207 e. The lowest BCUT2D eigenvalue weighted by molar-refractivity contribution is 0.609. The molecule has 0 radical (unpaired) electrons. The summed E-state index contributed by atoms with van der Waals surface area (Å²) in [7, 11) is 1.59. The zero-order valence-corrected chi connectivity index (χ0v) is 9.81. The maximum Gasteiger partial charge on any atom is 0.261 e. The molecule has 0 saturated heterocycles. The van der Waals surface area contributed by atoms with Gasteiger partial charge in [0.25, 0.3) is 9.05 Å². The number of rotatable bonds is 2. The van der Waals surface area contributed by atoms with Crippen molar-refractivity contribution in [3.05, 3.63) is 36.5 Å². The molecular formula is C9H6ClNO2S2. The molecule has 2 rings (SSSR count). The Morgan fingerprint density at radius 2 is 2.07 bits per heavy atom. The summed E-state index contributed by atoms with van der Waals surface area (Å²) in [6, 6.07) is 8.30. The monoisotopic (exact) mass is 259 g/mol. The molecule has 1 aromatic carbocycles. The van der Waals surface area contributed by atoms with Crippen molar-refractivity contribution in [1.29, 1.82) is 0 Å². The van der Waals surface area contributed by atoms with E-state index in [1.54, 1.807) is 12.3 Å². The van der Waals surface area contributed by atoms with Crippen molar-refractivity contribution >= 4 is 31.3 Å². The summed E-state index contributed by atoms with van der Waals surface area (Å²) in [5.74, 6) is 0. The zero-order valence-electron chi connectivity index (χ0n) is 7.42. The Labute approximate surface area is 95.9 Å². The van der Waals surface area contributed by atoms with Gasteiger partial charge in [-0.1, -0.05) is 12.1 Å². The summed E-state index contributed by atoms with van der Waals surface area (Å²) in [5, 5.41) is 0. The molecule has 0 bridgehead atoms. The first-order chi connectivity index (χ1) is 7.07. The molecule has 2 aromatic rings. The zero-order chi connectivity index (χ0) is 10.9. The molecule has 0 aliphatic rings. The lowest BCUT2D eigenvalue weighted by Crippen LogP contribution is -1.89. The third-order valence-electron chi connectivity index (χ3n) is 1.84. The standard InChI is InChI=1S/C9H6ClNO2S2/c10-15(12,13)8-3-1-2-7(6-8)9-4-5-11-14-9/h1-6H. The predicted octanol–water partition coefficient (Wildman–Crippen LogP) is 2.74. The summed E-state index contributed by atoms with van der Waals surface area (Å²) in [6.07, 6.45) is 1.67. The third kappa shape index (κ3) is 2.37. The van der Waals surface area contributed by atoms with Gasteiger partial charge in [0.15, 0.2) is 0 Å². The average molecular weight is 260 g/mol. The van der Waals surface area contributed by atoms with E-state index in [9.17, 15) is 8.42 Å². The molecule has 78 valence electrons. The van der Waals surface area contributed by atoms with Gasteiger partial charge in [0.2, 0.25) is 0 Å². The minimum atomic E-state index is -3.66. The summed E-state index contributed by atoms with van der Waals surface area (Å²) in [5.41, 5.74) is 0.805. The van der Waals surface area contributed by atoms with Crippen LogP contribution < -0.4 is 0 Å². The fourth-order valence-electron chi connectivity index (χ4n) is 1.17. The molecule has 3 nitrogen and oxygen atoms in total. The van der Waals surface area contributed by atoms with Crippen LogP contribution in [0.4, 0.5) is 0 Å². The lowest BCUT2D eigenvalue weighted by atomic mass is 10.2. The van der Waals surface area contributed by atoms with E-state index in [1.165, 1.54) is 23.7 Å². The van der Waals surface area contributed by atoms with E-state index >= 15 is 0 Å². The van der Waals surface area contributed by atoms with Gasteiger partial charge in [0.1, 0.15) is 0 Å². The fourth-order valence-corrected chi connectivity index (χ4v) is 2.55. The molecule has 0 N–H and O–H groups in total. The summed E-state index contributed by atoms with van der Waals surface area (Å²) in [6.45, 7) is 0. The van der Waals surface area contributed by atoms with Gasteiger partial charge in [-0.25, -0.2) is 12.8 Å². The highest BCUT2D eigenvalue weighted by molar-refractivity contribution is 8.13. The number of benzene rings is 1. The molecule has 15 heavy (non-hydrogen) atoms. The minimum absolute atomic E-state index is 0.107. The molecule has 6 heteroatoms. The third-order valence-corrected chi connectivity index (χ3v) is 3.99. The smallest absolute Gasteiger partial charge is 0.207 e. The molecule has 0 unspecified atom stereocenters. The van der Waals surface area contributed by atoms with Crippen LogP contribution in [0.5, 0.6) is 0 Å². The quantitative estimate of drug-likeness (QED) is 0.779. The topological polar surface area (TPSA) is 47.0 Å². The molecule has 1 heterocycles. The highest BCUT2D eigenvalue weighted by atomic mass is 35.7. The Bertz CT molecular complexity index is 564. The van der Waals surface area contributed by atoms with Gasteiger partial charge < -0.3 is 0 Å². The van der Waals surface area contributed by atoms with Gasteiger partial charge >= 0.3 is 0 Å². The van der Waals surface area contributed by atoms with E-state index in [0.29, 0.717) is 0 Å². The SMILES string of the molecule is O=S(=O)(Cl)c1cccc(-c2ccns2)c1. The van der Waals surface area contributed by atoms with Gasteiger partial charge in [-0.2, -0.15) is 0 Å². The fraction of sp³-hybridized carbons (Fsp3) is 0. The molecule has 0 fully saturated rings. The van der Waals surface area contributed by atoms with E-state index in [0.717, 1.165) is 10.4 Å². The van der Waals surface area contributed by atoms with Crippen LogP contribution in [-0.2, 0) is 9.05 Å². The largest absolute Gasteiger partial charge is 0.261 e. The van der Waals surface area contributed by atoms with Crippen molar-refractivity contribution in [2.75, 3.05) is 0 Å². The van der Waals surface area contributed by atoms with Crippen LogP contribution in [0.3, 0.4) is 0 Å². The molecular weight excluding hydrogens is 254 g/mol. The van der Waals surface area contributed by atoms with Crippen LogP contribution in [0.1, 0.15) is 0 Å². The molecule has 0 aliphatic carbocycles. The second-order valence-electron chi connectivity index (χ2n) is 2.84. The molecule has 0 amide bonds. The van der Waals surface area contributed by atoms with E-state index in [-0.39, 0.29) is 4.90 Å². The van der Waals surface area contributed by atoms with Crippen molar-refractivity contribution in [3.8, 4) is 10.4 Å². The Morgan fingerprint density at radius 3 is 2.67 bits per heavy atom. The molecule has 0 aliphatic heterocycles. The van der Waals surface area contributed by atoms with Crippen LogP contribution in [0.25, 0.3) is 10.4 Å². The van der Waals surface area contributed by atoms with E-state index in [1.807, 2.05) is 12.1 Å². The predicted molar refractivity (Wildman–Crippen MR) is 60.6 cm³/mol. The molecule has 1 aromatic heterocycles. The molecule has 0 spiro atoms. The normalized spacial score (nSPS) is 11.5. The highest BCUT2D eigenvalue weighted by Crippen LogP contribution is 2.26. The maximum absolute atomic E-state index is 11.1. The Hall–Kier alpha value is -0.910. The number of nitrogens with zero attached hydrogens (tertiary/aromatic N) is 1. The van der Waals surface area contributed by atoms with Gasteiger partial charge in [-0.3, -0.25) is 0 Å². The Morgan fingerprint density at radius 1 is 1.27 bits per heavy atom. The van der Waals surface area contributed by atoms with E-state index in [2.05, 4.69) is 4.37 Å². The maximum atomic E-state index is 11.1. The first kappa shape index (κ1) is 10.6. The number of hydrogen-bond acceptors (Lipinski definition) is 4. The van der Waals surface area contributed by atoms with Crippen molar-refractivity contribution in [1.82, 2.24) is 4.37 Å². The second kappa shape index (κ2) is 3.92. The first-order valence-corrected chi connectivity index (χ1v) is 7.11. The number of halogens is 1. The van der Waals surface area contributed by atoms with Gasteiger partial charge in [-0.05, 0) is 35.3 Å². The summed E-state index contributed by atoms with van der Waals surface area (Å²) in [4.78, 5) is 1.02. The van der Waals surface area contributed by atoms with E-state index < -0.39 is 9.05 Å². The Kier molecular flexibility index (Phi) is 2.77. The Balaban J connectivity index is 2.53. The van der Waals surface area contributed by atoms with Crippen molar-refractivity contribution in [3.63, 3.8) is 0 Å². The van der Waals surface area contributed by atoms with E-state index in [4.69, 9.17) is 10.7 Å². The lowest BCUT2D eigenvalue weighted by Gasteiger charge is -1.99. The van der Waals surface area contributed by atoms with Gasteiger partial charge in [0.05, 0.1) is 9.77 Å². The number of hydrogen-bond donors (Lipinski definition) is 0. The number of aromatic nitrogens is 1. The van der Waals surface area contributed by atoms with Crippen LogP contribution in [-0.4, -0.2) is 12.8 Å². The van der Waals surface area contributed by atoms with Gasteiger partial charge in [-0.15, -0.1) is 0 Å². The van der Waals surface area contributed by atoms with Gasteiger partial charge in [0, 0.05) is 16.9 Å². The molecule has 0 saturated carbocycles.